The molecule has 2 aromatic carbocycles. The van der Waals surface area contributed by atoms with E-state index in [9.17, 15) is 9.90 Å². The Bertz CT molecular complexity index is 1420. The van der Waals surface area contributed by atoms with Crippen LogP contribution >= 0.6 is 0 Å². The number of hydrogen-bond acceptors (Lipinski definition) is 10. The lowest BCUT2D eigenvalue weighted by Crippen LogP contribution is -2.52. The minimum absolute atomic E-state index is 0.0543. The molecule has 10 heteroatoms. The first-order valence-electron chi connectivity index (χ1n) is 13.3. The van der Waals surface area contributed by atoms with Gasteiger partial charge in [0.15, 0.2) is 0 Å². The highest BCUT2D eigenvalue weighted by Gasteiger charge is 2.39. The van der Waals surface area contributed by atoms with Gasteiger partial charge in [0.05, 0.1) is 35.9 Å². The Morgan fingerprint density at radius 1 is 1.10 bits per heavy atom. The van der Waals surface area contributed by atoms with Crippen molar-refractivity contribution < 1.29 is 14.6 Å². The third-order valence-electron chi connectivity index (χ3n) is 7.72. The number of aromatic nitrogens is 2. The molecular weight excluding hydrogens is 494 g/mol. The van der Waals surface area contributed by atoms with Crippen molar-refractivity contribution in [1.29, 1.82) is 0 Å². The van der Waals surface area contributed by atoms with Gasteiger partial charge in [0.2, 0.25) is 5.95 Å². The Hall–Kier alpha value is -4.02. The summed E-state index contributed by atoms with van der Waals surface area (Å²) >= 11 is 0. The summed E-state index contributed by atoms with van der Waals surface area (Å²) < 4.78 is 5.51. The average molecular weight is 528 g/mol. The molecule has 0 saturated carbocycles. The van der Waals surface area contributed by atoms with E-state index < -0.39 is 5.60 Å². The molecule has 3 aromatic rings. The molecule has 3 aliphatic heterocycles. The van der Waals surface area contributed by atoms with Crippen molar-refractivity contribution in [2.75, 3.05) is 36.9 Å². The monoisotopic (exact) mass is 527 g/mol. The second kappa shape index (κ2) is 9.94. The van der Waals surface area contributed by atoms with Crippen molar-refractivity contribution >= 4 is 29.3 Å². The fraction of sp³-hybridized carbons (Fsp3) is 0.379. The number of benzene rings is 2. The zero-order valence-electron chi connectivity index (χ0n) is 22.1. The number of amidine groups is 1. The zero-order chi connectivity index (χ0) is 27.0. The number of carbonyl (C=O) groups excluding carboxylic acids is 1. The Morgan fingerprint density at radius 3 is 2.67 bits per heavy atom. The molecule has 0 bridgehead atoms. The van der Waals surface area contributed by atoms with Crippen LogP contribution in [-0.4, -0.2) is 58.7 Å². The lowest BCUT2D eigenvalue weighted by atomic mass is 9.89. The SMILES string of the molecule is CC1(C)OC(=O)c2ccc(Nc3ncc(C4=NCC5(CCNCC5)N4)c(N[C@H](CO)c4ccccc4)n3)cc21. The number of piperidine rings is 1. The number of rotatable bonds is 7. The van der Waals surface area contributed by atoms with Gasteiger partial charge in [-0.25, -0.2) is 9.78 Å². The summed E-state index contributed by atoms with van der Waals surface area (Å²) in [5.74, 6) is 1.38. The number of carbonyl (C=O) groups is 1. The van der Waals surface area contributed by atoms with E-state index in [1.165, 1.54) is 0 Å². The maximum absolute atomic E-state index is 12.2. The molecule has 39 heavy (non-hydrogen) atoms. The molecule has 0 radical (unpaired) electrons. The number of nitrogens with one attached hydrogen (secondary N) is 4. The summed E-state index contributed by atoms with van der Waals surface area (Å²) in [5, 5.41) is 24.0. The first-order valence-corrected chi connectivity index (χ1v) is 13.3. The van der Waals surface area contributed by atoms with E-state index in [4.69, 9.17) is 14.7 Å². The van der Waals surface area contributed by atoms with Gasteiger partial charge in [-0.3, -0.25) is 4.99 Å². The summed E-state index contributed by atoms with van der Waals surface area (Å²) in [6.07, 6.45) is 3.74. The molecule has 1 spiro atoms. The average Bonchev–Trinajstić information content (AvgIpc) is 3.44. The van der Waals surface area contributed by atoms with Crippen LogP contribution < -0.4 is 21.3 Å². The Morgan fingerprint density at radius 2 is 1.90 bits per heavy atom. The second-order valence-electron chi connectivity index (χ2n) is 10.9. The molecule has 5 N–H and O–H groups in total. The zero-order valence-corrected chi connectivity index (χ0v) is 22.1. The molecule has 0 unspecified atom stereocenters. The molecule has 1 atom stereocenters. The largest absolute Gasteiger partial charge is 0.451 e. The van der Waals surface area contributed by atoms with E-state index in [0.29, 0.717) is 23.9 Å². The topological polar surface area (TPSA) is 133 Å². The molecule has 1 aromatic heterocycles. The Balaban J connectivity index is 1.32. The van der Waals surface area contributed by atoms with E-state index in [0.717, 1.165) is 54.1 Å². The minimum atomic E-state index is -0.706. The number of anilines is 3. The van der Waals surface area contributed by atoms with E-state index in [1.807, 2.05) is 56.3 Å². The van der Waals surface area contributed by atoms with E-state index >= 15 is 0 Å². The van der Waals surface area contributed by atoms with Crippen LogP contribution in [0.15, 0.2) is 59.7 Å². The number of ether oxygens (including phenoxy) is 1. The van der Waals surface area contributed by atoms with Gasteiger partial charge in [0.25, 0.3) is 0 Å². The highest BCUT2D eigenvalue weighted by molar-refractivity contribution is 6.04. The number of aliphatic hydroxyl groups excluding tert-OH is 1. The number of aliphatic imine (C=N–C) groups is 1. The van der Waals surface area contributed by atoms with Crippen LogP contribution in [0, 0.1) is 0 Å². The summed E-state index contributed by atoms with van der Waals surface area (Å²) in [6, 6.07) is 14.9. The number of fused-ring (bicyclic) bond motifs is 1. The van der Waals surface area contributed by atoms with Crippen LogP contribution in [0.3, 0.4) is 0 Å². The maximum Gasteiger partial charge on any atom is 0.339 e. The third kappa shape index (κ3) is 4.93. The van der Waals surface area contributed by atoms with E-state index in [1.54, 1.807) is 12.3 Å². The summed E-state index contributed by atoms with van der Waals surface area (Å²) in [4.78, 5) is 26.5. The van der Waals surface area contributed by atoms with Crippen molar-refractivity contribution in [2.24, 2.45) is 4.99 Å². The van der Waals surface area contributed by atoms with Gasteiger partial charge in [-0.05, 0) is 63.5 Å². The number of cyclic esters (lactones) is 1. The quantitative estimate of drug-likeness (QED) is 0.294. The smallest absolute Gasteiger partial charge is 0.339 e. The van der Waals surface area contributed by atoms with E-state index in [2.05, 4.69) is 26.3 Å². The van der Waals surface area contributed by atoms with Crippen molar-refractivity contribution in [3.63, 3.8) is 0 Å². The fourth-order valence-corrected chi connectivity index (χ4v) is 5.48. The van der Waals surface area contributed by atoms with Gasteiger partial charge in [0.1, 0.15) is 17.3 Å². The van der Waals surface area contributed by atoms with Crippen LogP contribution in [-0.2, 0) is 10.3 Å². The first-order chi connectivity index (χ1) is 18.9. The summed E-state index contributed by atoms with van der Waals surface area (Å²) in [5.41, 5.74) is 3.05. The first kappa shape index (κ1) is 25.3. The van der Waals surface area contributed by atoms with Gasteiger partial charge in [-0.15, -0.1) is 0 Å². The standard InChI is InChI=1S/C29H33N7O3/c1-28(2)22-14-19(8-9-20(22)26(38)39-28)33-27-31-15-21(24-32-17-29(36-24)10-12-30-13-11-29)25(35-27)34-23(16-37)18-6-4-3-5-7-18/h3-9,14-15,23,30,37H,10-13,16-17H2,1-2H3,(H,32,36)(H2,31,33,34,35)/t23-/m1/s1. The lowest BCUT2D eigenvalue weighted by molar-refractivity contribution is 0.00954. The molecule has 0 amide bonds. The lowest BCUT2D eigenvalue weighted by Gasteiger charge is -2.34. The highest BCUT2D eigenvalue weighted by atomic mass is 16.6. The third-order valence-corrected chi connectivity index (χ3v) is 7.72. The molecule has 6 rings (SSSR count). The molecule has 3 aliphatic rings. The predicted molar refractivity (Wildman–Crippen MR) is 149 cm³/mol. The maximum atomic E-state index is 12.2. The van der Waals surface area contributed by atoms with Crippen LogP contribution in [0.1, 0.15) is 59.8 Å². The predicted octanol–water partition coefficient (Wildman–Crippen LogP) is 3.24. The summed E-state index contributed by atoms with van der Waals surface area (Å²) in [7, 11) is 0. The van der Waals surface area contributed by atoms with Crippen molar-refractivity contribution in [3.05, 3.63) is 77.0 Å². The molecule has 1 fully saturated rings. The van der Waals surface area contributed by atoms with Gasteiger partial charge in [0, 0.05) is 17.4 Å². The van der Waals surface area contributed by atoms with Gasteiger partial charge in [-0.2, -0.15) is 4.98 Å². The van der Waals surface area contributed by atoms with Crippen molar-refractivity contribution in [1.82, 2.24) is 20.6 Å². The molecule has 1 saturated heterocycles. The van der Waals surface area contributed by atoms with Crippen molar-refractivity contribution in [3.8, 4) is 0 Å². The number of hydrogen-bond donors (Lipinski definition) is 5. The fourth-order valence-electron chi connectivity index (χ4n) is 5.48. The van der Waals surface area contributed by atoms with Crippen LogP contribution in [0.25, 0.3) is 0 Å². The molecule has 10 nitrogen and oxygen atoms in total. The van der Waals surface area contributed by atoms with Crippen LogP contribution in [0.4, 0.5) is 17.5 Å². The molecule has 0 aliphatic carbocycles. The second-order valence-corrected chi connectivity index (χ2v) is 10.9. The number of esters is 1. The summed E-state index contributed by atoms with van der Waals surface area (Å²) in [6.45, 7) is 6.24. The van der Waals surface area contributed by atoms with E-state index in [-0.39, 0.29) is 24.2 Å². The van der Waals surface area contributed by atoms with Crippen LogP contribution in [0.5, 0.6) is 0 Å². The van der Waals surface area contributed by atoms with Gasteiger partial charge in [-0.1, -0.05) is 30.3 Å². The minimum Gasteiger partial charge on any atom is -0.451 e. The van der Waals surface area contributed by atoms with Gasteiger partial charge >= 0.3 is 5.97 Å². The molecule has 202 valence electrons. The Labute approximate surface area is 227 Å². The van der Waals surface area contributed by atoms with Crippen LogP contribution in [0.2, 0.25) is 0 Å². The van der Waals surface area contributed by atoms with Gasteiger partial charge < -0.3 is 31.1 Å². The van der Waals surface area contributed by atoms with Crippen molar-refractivity contribution in [2.45, 2.75) is 43.9 Å². The number of nitrogens with zero attached hydrogens (tertiary/aromatic N) is 3. The molecular formula is C29H33N7O3. The normalized spacial score (nSPS) is 19.6. The highest BCUT2D eigenvalue weighted by Crippen LogP contribution is 2.37. The molecule has 4 heterocycles. The Kier molecular flexibility index (Phi) is 6.44. The number of aliphatic hydroxyl groups is 1.